The Labute approximate surface area is 114 Å². The summed E-state index contributed by atoms with van der Waals surface area (Å²) in [4.78, 5) is 12.4. The summed E-state index contributed by atoms with van der Waals surface area (Å²) in [5, 5.41) is 9.61. The van der Waals surface area contributed by atoms with Crippen molar-refractivity contribution in [2.24, 2.45) is 5.92 Å². The van der Waals surface area contributed by atoms with E-state index in [0.29, 0.717) is 17.8 Å². The molecule has 2 fully saturated rings. The molecule has 2 bridgehead atoms. The summed E-state index contributed by atoms with van der Waals surface area (Å²) in [5.41, 5.74) is 6.26. The third kappa shape index (κ3) is 1.38. The van der Waals surface area contributed by atoms with Gasteiger partial charge in [0.25, 0.3) is 0 Å². The van der Waals surface area contributed by atoms with Crippen molar-refractivity contribution in [2.45, 2.75) is 24.9 Å². The number of nitrogens with two attached hydrogens (primary N) is 1. The van der Waals surface area contributed by atoms with Gasteiger partial charge in [-0.05, 0) is 0 Å². The standard InChI is InChI=1S/C12H15N5O3/c1-6-8-10(20-12(6,3-18)4-19-8)17-5-15-7-2-14-11(13)16-9(7)17/h2,5-6,8,10,18H,3-4H2,1H3,(H2,13,14,16)/t6-,8?,10-,12+/m1/s1. The largest absolute Gasteiger partial charge is 0.393 e. The van der Waals surface area contributed by atoms with E-state index in [4.69, 9.17) is 15.2 Å². The summed E-state index contributed by atoms with van der Waals surface area (Å²) in [6, 6.07) is 0. The summed E-state index contributed by atoms with van der Waals surface area (Å²) in [7, 11) is 0. The zero-order chi connectivity index (χ0) is 13.9. The number of nitrogen functional groups attached to an aromatic ring is 1. The third-order valence-corrected chi connectivity index (χ3v) is 4.36. The van der Waals surface area contributed by atoms with E-state index in [-0.39, 0.29) is 30.8 Å². The van der Waals surface area contributed by atoms with Crippen molar-refractivity contribution in [1.82, 2.24) is 19.5 Å². The van der Waals surface area contributed by atoms with E-state index in [1.165, 1.54) is 0 Å². The summed E-state index contributed by atoms with van der Waals surface area (Å²) >= 11 is 0. The van der Waals surface area contributed by atoms with Crippen LogP contribution >= 0.6 is 0 Å². The summed E-state index contributed by atoms with van der Waals surface area (Å²) < 4.78 is 13.6. The Bertz CT molecular complexity index is 674. The van der Waals surface area contributed by atoms with E-state index in [1.54, 1.807) is 17.1 Å². The number of hydrogen-bond acceptors (Lipinski definition) is 7. The number of ether oxygens (including phenoxy) is 2. The SMILES string of the molecule is C[C@@H]1C2OC[C@]1(CO)O[C@H]2n1cnc2cnc(N)nc21. The first-order chi connectivity index (χ1) is 9.64. The molecule has 0 aliphatic carbocycles. The number of fused-ring (bicyclic) bond motifs is 3. The molecule has 2 saturated heterocycles. The van der Waals surface area contributed by atoms with Gasteiger partial charge in [0.1, 0.15) is 17.2 Å². The van der Waals surface area contributed by atoms with Crippen LogP contribution in [0.1, 0.15) is 13.2 Å². The van der Waals surface area contributed by atoms with Crippen LogP contribution in [0.3, 0.4) is 0 Å². The lowest BCUT2D eigenvalue weighted by molar-refractivity contribution is -0.183. The fourth-order valence-corrected chi connectivity index (χ4v) is 3.06. The van der Waals surface area contributed by atoms with Gasteiger partial charge in [0, 0.05) is 5.92 Å². The molecule has 4 rings (SSSR count). The number of aliphatic hydroxyl groups excluding tert-OH is 1. The van der Waals surface area contributed by atoms with E-state index < -0.39 is 5.60 Å². The topological polar surface area (TPSA) is 108 Å². The van der Waals surface area contributed by atoms with Crippen molar-refractivity contribution < 1.29 is 14.6 Å². The van der Waals surface area contributed by atoms with Crippen LogP contribution in [0.4, 0.5) is 5.95 Å². The van der Waals surface area contributed by atoms with Gasteiger partial charge in [-0.25, -0.2) is 9.97 Å². The lowest BCUT2D eigenvalue weighted by Gasteiger charge is -2.30. The maximum Gasteiger partial charge on any atom is 0.222 e. The first kappa shape index (κ1) is 12.0. The Balaban J connectivity index is 1.80. The number of anilines is 1. The Morgan fingerprint density at radius 3 is 3.15 bits per heavy atom. The normalized spacial score (nSPS) is 36.0. The predicted molar refractivity (Wildman–Crippen MR) is 68.6 cm³/mol. The van der Waals surface area contributed by atoms with Gasteiger partial charge in [-0.15, -0.1) is 0 Å². The monoisotopic (exact) mass is 277 g/mol. The summed E-state index contributed by atoms with van der Waals surface area (Å²) in [6.07, 6.45) is 2.74. The lowest BCUT2D eigenvalue weighted by Crippen LogP contribution is -2.40. The molecule has 8 heteroatoms. The molecule has 2 aliphatic rings. The number of imidazole rings is 1. The van der Waals surface area contributed by atoms with Gasteiger partial charge in [-0.1, -0.05) is 6.92 Å². The Kier molecular flexibility index (Phi) is 2.33. The Morgan fingerprint density at radius 2 is 2.40 bits per heavy atom. The highest BCUT2D eigenvalue weighted by atomic mass is 16.6. The van der Waals surface area contributed by atoms with Crippen LogP contribution in [-0.4, -0.2) is 49.5 Å². The molecule has 4 heterocycles. The van der Waals surface area contributed by atoms with Gasteiger partial charge < -0.3 is 20.3 Å². The highest BCUT2D eigenvalue weighted by Crippen LogP contribution is 2.49. The molecule has 0 aromatic carbocycles. The van der Waals surface area contributed by atoms with Crippen LogP contribution in [0.25, 0.3) is 11.2 Å². The van der Waals surface area contributed by atoms with Crippen molar-refractivity contribution >= 4 is 17.1 Å². The molecular formula is C12H15N5O3. The van der Waals surface area contributed by atoms with Crippen LogP contribution in [0.5, 0.6) is 0 Å². The van der Waals surface area contributed by atoms with E-state index in [1.807, 2.05) is 6.92 Å². The summed E-state index contributed by atoms with van der Waals surface area (Å²) in [5.74, 6) is 0.294. The molecule has 2 aromatic rings. The molecule has 3 N–H and O–H groups in total. The molecule has 0 amide bonds. The minimum absolute atomic E-state index is 0.0646. The third-order valence-electron chi connectivity index (χ3n) is 4.36. The number of rotatable bonds is 2. The predicted octanol–water partition coefficient (Wildman–Crippen LogP) is -0.297. The van der Waals surface area contributed by atoms with Crippen molar-refractivity contribution in [1.29, 1.82) is 0 Å². The maximum atomic E-state index is 9.61. The Morgan fingerprint density at radius 1 is 1.55 bits per heavy atom. The molecular weight excluding hydrogens is 262 g/mol. The van der Waals surface area contributed by atoms with Crippen molar-refractivity contribution in [3.63, 3.8) is 0 Å². The Hall–Kier alpha value is -1.77. The van der Waals surface area contributed by atoms with Gasteiger partial charge in [-0.3, -0.25) is 4.57 Å². The fraction of sp³-hybridized carbons (Fsp3) is 0.583. The maximum absolute atomic E-state index is 9.61. The minimum Gasteiger partial charge on any atom is -0.393 e. The van der Waals surface area contributed by atoms with Crippen LogP contribution in [0, 0.1) is 5.92 Å². The summed E-state index contributed by atoms with van der Waals surface area (Å²) in [6.45, 7) is 2.37. The first-order valence-electron chi connectivity index (χ1n) is 6.50. The van der Waals surface area contributed by atoms with Crippen molar-refractivity contribution in [3.8, 4) is 0 Å². The number of aromatic nitrogens is 4. The molecule has 2 aliphatic heterocycles. The minimum atomic E-state index is -0.634. The van der Waals surface area contributed by atoms with Gasteiger partial charge in [0.05, 0.1) is 25.7 Å². The van der Waals surface area contributed by atoms with Gasteiger partial charge in [-0.2, -0.15) is 4.98 Å². The second-order valence-electron chi connectivity index (χ2n) is 5.38. The molecule has 20 heavy (non-hydrogen) atoms. The quantitative estimate of drug-likeness (QED) is 0.776. The molecule has 0 radical (unpaired) electrons. The van der Waals surface area contributed by atoms with Crippen LogP contribution in [0.15, 0.2) is 12.5 Å². The highest BCUT2D eigenvalue weighted by Gasteiger charge is 2.59. The van der Waals surface area contributed by atoms with Crippen molar-refractivity contribution in [2.75, 3.05) is 18.9 Å². The van der Waals surface area contributed by atoms with Crippen LogP contribution in [0.2, 0.25) is 0 Å². The molecule has 8 nitrogen and oxygen atoms in total. The smallest absolute Gasteiger partial charge is 0.222 e. The molecule has 0 saturated carbocycles. The molecule has 106 valence electrons. The molecule has 4 atom stereocenters. The molecule has 2 aromatic heterocycles. The zero-order valence-corrected chi connectivity index (χ0v) is 10.9. The van der Waals surface area contributed by atoms with Crippen molar-refractivity contribution in [3.05, 3.63) is 12.5 Å². The van der Waals surface area contributed by atoms with E-state index in [0.717, 1.165) is 0 Å². The fourth-order valence-electron chi connectivity index (χ4n) is 3.06. The lowest BCUT2D eigenvalue weighted by atomic mass is 9.91. The van der Waals surface area contributed by atoms with Gasteiger partial charge in [0.2, 0.25) is 5.95 Å². The second kappa shape index (κ2) is 3.87. The van der Waals surface area contributed by atoms with E-state index >= 15 is 0 Å². The van der Waals surface area contributed by atoms with Crippen LogP contribution in [-0.2, 0) is 9.47 Å². The van der Waals surface area contributed by atoms with Gasteiger partial charge in [0.15, 0.2) is 11.9 Å². The molecule has 1 unspecified atom stereocenters. The highest BCUT2D eigenvalue weighted by molar-refractivity contribution is 5.70. The number of nitrogens with zero attached hydrogens (tertiary/aromatic N) is 4. The number of hydrogen-bond donors (Lipinski definition) is 2. The first-order valence-corrected chi connectivity index (χ1v) is 6.50. The second-order valence-corrected chi connectivity index (χ2v) is 5.38. The zero-order valence-electron chi connectivity index (χ0n) is 10.9. The number of aliphatic hydroxyl groups is 1. The average Bonchev–Trinajstić information content (AvgIpc) is 3.09. The van der Waals surface area contributed by atoms with Gasteiger partial charge >= 0.3 is 0 Å². The molecule has 0 spiro atoms. The van der Waals surface area contributed by atoms with E-state index in [9.17, 15) is 5.11 Å². The van der Waals surface area contributed by atoms with E-state index in [2.05, 4.69) is 15.0 Å². The average molecular weight is 277 g/mol. The van der Waals surface area contributed by atoms with Crippen LogP contribution < -0.4 is 5.73 Å².